The number of benzene rings is 4. The van der Waals surface area contributed by atoms with Gasteiger partial charge in [0.2, 0.25) is 5.13 Å². The van der Waals surface area contributed by atoms with Crippen molar-refractivity contribution < 1.29 is 4.74 Å². The SMILES string of the molecule is C(=N/Nc1nc2ccccc2s1)/c1c(OCc2ccccc2)ccc2ccccc12. The predicted octanol–water partition coefficient (Wildman–Crippen LogP) is 6.47. The molecule has 0 aliphatic carbocycles. The molecule has 0 unspecified atom stereocenters. The Morgan fingerprint density at radius 1 is 0.867 bits per heavy atom. The van der Waals surface area contributed by atoms with Gasteiger partial charge in [0.1, 0.15) is 12.4 Å². The first-order valence-corrected chi connectivity index (χ1v) is 10.5. The molecule has 30 heavy (non-hydrogen) atoms. The first kappa shape index (κ1) is 18.3. The molecule has 5 aromatic rings. The number of nitrogens with one attached hydrogen (secondary N) is 1. The standard InChI is InChI=1S/C25H19N3OS/c1-2-8-18(9-3-1)17-29-23-15-14-19-10-4-5-11-20(19)21(23)16-26-28-25-27-22-12-6-7-13-24(22)30-25/h1-16H,17H2,(H,27,28)/b26-16-. The van der Waals surface area contributed by atoms with Gasteiger partial charge in [0.25, 0.3) is 0 Å². The number of anilines is 1. The summed E-state index contributed by atoms with van der Waals surface area (Å²) in [6, 6.07) is 30.5. The molecular formula is C25H19N3OS. The Morgan fingerprint density at radius 3 is 2.57 bits per heavy atom. The molecule has 0 saturated carbocycles. The molecule has 0 saturated heterocycles. The first-order chi connectivity index (χ1) is 14.9. The molecule has 0 aliphatic rings. The first-order valence-electron chi connectivity index (χ1n) is 9.70. The van der Waals surface area contributed by atoms with Crippen LogP contribution < -0.4 is 10.2 Å². The van der Waals surface area contributed by atoms with Crippen LogP contribution in [-0.2, 0) is 6.61 Å². The summed E-state index contributed by atoms with van der Waals surface area (Å²) >= 11 is 1.58. The van der Waals surface area contributed by atoms with E-state index in [9.17, 15) is 0 Å². The van der Waals surface area contributed by atoms with Crippen molar-refractivity contribution in [2.75, 3.05) is 5.43 Å². The minimum atomic E-state index is 0.505. The summed E-state index contributed by atoms with van der Waals surface area (Å²) < 4.78 is 7.28. The van der Waals surface area contributed by atoms with Gasteiger partial charge in [0.15, 0.2) is 0 Å². The van der Waals surface area contributed by atoms with Gasteiger partial charge in [-0.1, -0.05) is 84.1 Å². The molecule has 0 spiro atoms. The van der Waals surface area contributed by atoms with Gasteiger partial charge in [-0.3, -0.25) is 5.43 Å². The van der Waals surface area contributed by atoms with E-state index in [4.69, 9.17) is 4.74 Å². The van der Waals surface area contributed by atoms with E-state index in [2.05, 4.69) is 51.9 Å². The van der Waals surface area contributed by atoms with Crippen LogP contribution in [0.25, 0.3) is 21.0 Å². The summed E-state index contributed by atoms with van der Waals surface area (Å²) in [5.74, 6) is 0.799. The smallest absolute Gasteiger partial charge is 0.204 e. The van der Waals surface area contributed by atoms with Crippen LogP contribution in [0.5, 0.6) is 5.75 Å². The molecule has 5 heteroatoms. The highest BCUT2D eigenvalue weighted by atomic mass is 32.1. The Bertz CT molecular complexity index is 1300. The highest BCUT2D eigenvalue weighted by Crippen LogP contribution is 2.28. The molecule has 0 fully saturated rings. The Morgan fingerprint density at radius 2 is 1.67 bits per heavy atom. The molecule has 4 aromatic carbocycles. The summed E-state index contributed by atoms with van der Waals surface area (Å²) in [4.78, 5) is 4.57. The second-order valence-electron chi connectivity index (χ2n) is 6.83. The van der Waals surface area contributed by atoms with Gasteiger partial charge >= 0.3 is 0 Å². The van der Waals surface area contributed by atoms with Crippen molar-refractivity contribution in [2.24, 2.45) is 5.10 Å². The summed E-state index contributed by atoms with van der Waals surface area (Å²) in [7, 11) is 0. The number of nitrogens with zero attached hydrogens (tertiary/aromatic N) is 2. The summed E-state index contributed by atoms with van der Waals surface area (Å²) in [6.45, 7) is 0.505. The van der Waals surface area contributed by atoms with Gasteiger partial charge in [0, 0.05) is 5.56 Å². The highest BCUT2D eigenvalue weighted by Gasteiger charge is 2.08. The van der Waals surface area contributed by atoms with Crippen LogP contribution in [0.1, 0.15) is 11.1 Å². The lowest BCUT2D eigenvalue weighted by atomic mass is 10.0. The summed E-state index contributed by atoms with van der Waals surface area (Å²) in [6.07, 6.45) is 1.81. The second-order valence-corrected chi connectivity index (χ2v) is 7.86. The molecule has 146 valence electrons. The average Bonchev–Trinajstić information content (AvgIpc) is 3.22. The molecule has 5 rings (SSSR count). The fraction of sp³-hybridized carbons (Fsp3) is 0.0400. The predicted molar refractivity (Wildman–Crippen MR) is 126 cm³/mol. The van der Waals surface area contributed by atoms with E-state index < -0.39 is 0 Å². The van der Waals surface area contributed by atoms with Gasteiger partial charge in [-0.15, -0.1) is 0 Å². The fourth-order valence-electron chi connectivity index (χ4n) is 3.34. The van der Waals surface area contributed by atoms with Crippen LogP contribution in [0.4, 0.5) is 5.13 Å². The molecule has 0 atom stereocenters. The van der Waals surface area contributed by atoms with Gasteiger partial charge in [-0.25, -0.2) is 4.98 Å². The maximum atomic E-state index is 6.15. The third kappa shape index (κ3) is 3.88. The minimum Gasteiger partial charge on any atom is -0.488 e. The van der Waals surface area contributed by atoms with Crippen molar-refractivity contribution in [1.82, 2.24) is 4.98 Å². The maximum absolute atomic E-state index is 6.15. The molecule has 0 amide bonds. The lowest BCUT2D eigenvalue weighted by molar-refractivity contribution is 0.306. The molecule has 4 nitrogen and oxygen atoms in total. The van der Waals surface area contributed by atoms with E-state index in [0.717, 1.165) is 43.0 Å². The van der Waals surface area contributed by atoms with Crippen molar-refractivity contribution >= 4 is 43.7 Å². The van der Waals surface area contributed by atoms with Crippen LogP contribution in [0.2, 0.25) is 0 Å². The average molecular weight is 410 g/mol. The van der Waals surface area contributed by atoms with Crippen molar-refractivity contribution in [3.8, 4) is 5.75 Å². The summed E-state index contributed by atoms with van der Waals surface area (Å²) in [5.41, 5.74) is 6.11. The van der Waals surface area contributed by atoms with Crippen LogP contribution >= 0.6 is 11.3 Å². The molecule has 1 N–H and O–H groups in total. The molecular weight excluding hydrogens is 390 g/mol. The van der Waals surface area contributed by atoms with Gasteiger partial charge in [-0.05, 0) is 34.5 Å². The number of ether oxygens (including phenoxy) is 1. The highest BCUT2D eigenvalue weighted by molar-refractivity contribution is 7.22. The molecule has 0 radical (unpaired) electrons. The zero-order valence-corrected chi connectivity index (χ0v) is 17.0. The van der Waals surface area contributed by atoms with E-state index in [1.807, 2.05) is 60.8 Å². The Hall–Kier alpha value is -3.70. The van der Waals surface area contributed by atoms with Crippen molar-refractivity contribution in [3.05, 3.63) is 102 Å². The van der Waals surface area contributed by atoms with Crippen LogP contribution in [0, 0.1) is 0 Å². The van der Waals surface area contributed by atoms with E-state index in [-0.39, 0.29) is 0 Å². The normalized spacial score (nSPS) is 11.3. The Balaban J connectivity index is 1.43. The number of hydrogen-bond acceptors (Lipinski definition) is 5. The van der Waals surface area contributed by atoms with Gasteiger partial charge in [-0.2, -0.15) is 5.10 Å². The van der Waals surface area contributed by atoms with Crippen molar-refractivity contribution in [1.29, 1.82) is 0 Å². The Labute approximate surface area is 178 Å². The summed E-state index contributed by atoms with van der Waals surface area (Å²) in [5, 5.41) is 7.47. The van der Waals surface area contributed by atoms with Crippen LogP contribution in [-0.4, -0.2) is 11.2 Å². The lowest BCUT2D eigenvalue weighted by Gasteiger charge is -2.12. The third-order valence-corrected chi connectivity index (χ3v) is 5.76. The van der Waals surface area contributed by atoms with E-state index in [1.165, 1.54) is 0 Å². The number of para-hydroxylation sites is 1. The topological polar surface area (TPSA) is 46.5 Å². The van der Waals surface area contributed by atoms with Gasteiger partial charge in [0.05, 0.1) is 16.4 Å². The van der Waals surface area contributed by atoms with Crippen molar-refractivity contribution in [2.45, 2.75) is 6.61 Å². The molecule has 1 aromatic heterocycles. The van der Waals surface area contributed by atoms with E-state index in [1.54, 1.807) is 11.3 Å². The number of rotatable bonds is 6. The van der Waals surface area contributed by atoms with E-state index >= 15 is 0 Å². The number of hydrogen-bond donors (Lipinski definition) is 1. The van der Waals surface area contributed by atoms with Crippen molar-refractivity contribution in [3.63, 3.8) is 0 Å². The maximum Gasteiger partial charge on any atom is 0.204 e. The molecule has 0 bridgehead atoms. The quantitative estimate of drug-likeness (QED) is 0.258. The van der Waals surface area contributed by atoms with Crippen LogP contribution in [0.3, 0.4) is 0 Å². The fourth-order valence-corrected chi connectivity index (χ4v) is 4.16. The minimum absolute atomic E-state index is 0.505. The largest absolute Gasteiger partial charge is 0.488 e. The zero-order chi connectivity index (χ0) is 20.2. The lowest BCUT2D eigenvalue weighted by Crippen LogP contribution is -2.00. The molecule has 1 heterocycles. The van der Waals surface area contributed by atoms with E-state index in [0.29, 0.717) is 6.61 Å². The monoisotopic (exact) mass is 409 g/mol. The second kappa shape index (κ2) is 8.35. The Kier molecular flexibility index (Phi) is 5.10. The number of fused-ring (bicyclic) bond motifs is 2. The number of aromatic nitrogens is 1. The third-order valence-electron chi connectivity index (χ3n) is 4.82. The van der Waals surface area contributed by atoms with Gasteiger partial charge < -0.3 is 4.74 Å². The zero-order valence-electron chi connectivity index (χ0n) is 16.2. The number of thiazole rings is 1. The van der Waals surface area contributed by atoms with Crippen LogP contribution in [0.15, 0.2) is 96.1 Å². The number of hydrazone groups is 1. The molecule has 0 aliphatic heterocycles.